The van der Waals surface area contributed by atoms with Crippen LogP contribution in [0.1, 0.15) is 19.4 Å². The summed E-state index contributed by atoms with van der Waals surface area (Å²) in [6, 6.07) is 8.97. The Kier molecular flexibility index (Phi) is 6.96. The van der Waals surface area contributed by atoms with E-state index >= 15 is 0 Å². The maximum absolute atomic E-state index is 13.1. The topological polar surface area (TPSA) is 94.2 Å². The van der Waals surface area contributed by atoms with Gasteiger partial charge in [0.05, 0.1) is 30.5 Å². The van der Waals surface area contributed by atoms with E-state index in [2.05, 4.69) is 21.2 Å². The lowest BCUT2D eigenvalue weighted by Gasteiger charge is -2.26. The lowest BCUT2D eigenvalue weighted by molar-refractivity contribution is -0.122. The van der Waals surface area contributed by atoms with Crippen molar-refractivity contribution in [2.24, 2.45) is 0 Å². The number of nitrogens with zero attached hydrogens (tertiary/aromatic N) is 1. The first-order chi connectivity index (χ1) is 14.9. The zero-order chi connectivity index (χ0) is 22.5. The fraction of sp³-hybridized carbons (Fsp3) is 0.227. The molecule has 2 aromatic rings. The fourth-order valence-corrected chi connectivity index (χ4v) is 3.67. The molecule has 0 spiro atoms. The molecule has 0 aliphatic carbocycles. The van der Waals surface area contributed by atoms with Crippen molar-refractivity contribution in [2.45, 2.75) is 13.8 Å². The van der Waals surface area contributed by atoms with Crippen molar-refractivity contribution in [3.63, 3.8) is 0 Å². The summed E-state index contributed by atoms with van der Waals surface area (Å²) in [5.41, 5.74) is 0.652. The quantitative estimate of drug-likeness (QED) is 0.468. The number of nitrogens with one attached hydrogen (secondary N) is 1. The number of halogens is 1. The molecule has 0 atom stereocenters. The highest BCUT2D eigenvalue weighted by Gasteiger charge is 2.36. The molecule has 2 aromatic carbocycles. The van der Waals surface area contributed by atoms with Crippen molar-refractivity contribution >= 4 is 45.5 Å². The van der Waals surface area contributed by atoms with Crippen LogP contribution in [-0.2, 0) is 9.59 Å². The Morgan fingerprint density at radius 1 is 1.03 bits per heavy atom. The van der Waals surface area contributed by atoms with Crippen LogP contribution in [0.4, 0.5) is 10.5 Å². The smallest absolute Gasteiger partial charge is 0.335 e. The number of imide groups is 2. The minimum Gasteiger partial charge on any atom is -0.494 e. The van der Waals surface area contributed by atoms with Crippen molar-refractivity contribution in [3.8, 4) is 17.2 Å². The molecule has 0 bridgehead atoms. The summed E-state index contributed by atoms with van der Waals surface area (Å²) in [5.74, 6) is 0.0448. The van der Waals surface area contributed by atoms with E-state index in [1.807, 2.05) is 13.8 Å². The number of amides is 4. The molecule has 3 rings (SSSR count). The van der Waals surface area contributed by atoms with Gasteiger partial charge in [-0.2, -0.15) is 0 Å². The van der Waals surface area contributed by atoms with Gasteiger partial charge in [0.25, 0.3) is 11.8 Å². The second kappa shape index (κ2) is 9.65. The average molecular weight is 489 g/mol. The van der Waals surface area contributed by atoms with E-state index in [1.165, 1.54) is 13.2 Å². The van der Waals surface area contributed by atoms with E-state index in [-0.39, 0.29) is 5.57 Å². The van der Waals surface area contributed by atoms with Crippen molar-refractivity contribution in [1.29, 1.82) is 0 Å². The maximum atomic E-state index is 13.1. The standard InChI is InChI=1S/C22H21BrN2O6/c1-4-30-15-8-6-14(7-9-15)25-21(27)16(20(26)24-22(25)28)10-13-11-17(23)19(29-3)18(12-13)31-5-2/h6-12H,4-5H2,1-3H3,(H,24,26,28)/b16-10-. The number of anilines is 1. The van der Waals surface area contributed by atoms with E-state index in [1.54, 1.807) is 36.4 Å². The number of ether oxygens (including phenoxy) is 3. The third-order valence-electron chi connectivity index (χ3n) is 4.35. The summed E-state index contributed by atoms with van der Waals surface area (Å²) in [6.45, 7) is 4.58. The van der Waals surface area contributed by atoms with Crippen LogP contribution in [-0.4, -0.2) is 38.2 Å². The van der Waals surface area contributed by atoms with Gasteiger partial charge in [0.2, 0.25) is 0 Å². The summed E-state index contributed by atoms with van der Waals surface area (Å²) >= 11 is 3.40. The van der Waals surface area contributed by atoms with E-state index < -0.39 is 17.8 Å². The zero-order valence-electron chi connectivity index (χ0n) is 17.2. The molecule has 1 fully saturated rings. The Hall–Kier alpha value is -3.33. The number of hydrogen-bond donors (Lipinski definition) is 1. The van der Waals surface area contributed by atoms with Gasteiger partial charge in [-0.15, -0.1) is 0 Å². The summed E-state index contributed by atoms with van der Waals surface area (Å²) in [7, 11) is 1.51. The highest BCUT2D eigenvalue weighted by Crippen LogP contribution is 2.37. The molecule has 1 aliphatic heterocycles. The van der Waals surface area contributed by atoms with Crippen LogP contribution in [0.3, 0.4) is 0 Å². The maximum Gasteiger partial charge on any atom is 0.335 e. The monoisotopic (exact) mass is 488 g/mol. The molecule has 0 unspecified atom stereocenters. The molecule has 1 heterocycles. The fourth-order valence-electron chi connectivity index (χ4n) is 3.05. The summed E-state index contributed by atoms with van der Waals surface area (Å²) in [6.07, 6.45) is 1.40. The van der Waals surface area contributed by atoms with Gasteiger partial charge in [-0.25, -0.2) is 9.69 Å². The molecule has 1 saturated heterocycles. The number of barbiturate groups is 1. The summed E-state index contributed by atoms with van der Waals surface area (Å²) in [5, 5.41) is 2.21. The third-order valence-corrected chi connectivity index (χ3v) is 4.94. The molecular weight excluding hydrogens is 468 g/mol. The first-order valence-corrected chi connectivity index (χ1v) is 10.3. The summed E-state index contributed by atoms with van der Waals surface area (Å²) in [4.78, 5) is 38.8. The average Bonchev–Trinajstić information content (AvgIpc) is 2.72. The van der Waals surface area contributed by atoms with Gasteiger partial charge >= 0.3 is 6.03 Å². The molecule has 1 N–H and O–H groups in total. The summed E-state index contributed by atoms with van der Waals surface area (Å²) < 4.78 is 16.9. The zero-order valence-corrected chi connectivity index (χ0v) is 18.8. The SMILES string of the molecule is CCOc1ccc(N2C(=O)NC(=O)/C(=C/c3cc(Br)c(OC)c(OCC)c3)C2=O)cc1. The minimum atomic E-state index is -0.817. The van der Waals surface area contributed by atoms with Crippen molar-refractivity contribution in [3.05, 3.63) is 52.0 Å². The Morgan fingerprint density at radius 2 is 1.71 bits per heavy atom. The van der Waals surface area contributed by atoms with Crippen molar-refractivity contribution < 1.29 is 28.6 Å². The van der Waals surface area contributed by atoms with Crippen LogP contribution in [0.25, 0.3) is 6.08 Å². The number of carbonyl (C=O) groups excluding carboxylic acids is 3. The van der Waals surface area contributed by atoms with Gasteiger partial charge in [0.1, 0.15) is 11.3 Å². The Bertz CT molecular complexity index is 1050. The Morgan fingerprint density at radius 3 is 2.32 bits per heavy atom. The molecule has 0 saturated carbocycles. The first kappa shape index (κ1) is 22.4. The lowest BCUT2D eigenvalue weighted by atomic mass is 10.1. The third kappa shape index (κ3) is 4.72. The molecule has 0 aromatic heterocycles. The predicted molar refractivity (Wildman–Crippen MR) is 118 cm³/mol. The van der Waals surface area contributed by atoms with Crippen LogP contribution in [0, 0.1) is 0 Å². The van der Waals surface area contributed by atoms with E-state index in [0.717, 1.165) is 4.90 Å². The molecule has 9 heteroatoms. The molecular formula is C22H21BrN2O6. The Balaban J connectivity index is 1.99. The second-order valence-corrected chi connectivity index (χ2v) is 7.21. The second-order valence-electron chi connectivity index (χ2n) is 6.35. The number of benzene rings is 2. The highest BCUT2D eigenvalue weighted by atomic mass is 79.9. The van der Waals surface area contributed by atoms with Crippen molar-refractivity contribution in [1.82, 2.24) is 5.32 Å². The molecule has 162 valence electrons. The van der Waals surface area contributed by atoms with Gasteiger partial charge in [-0.05, 0) is 77.8 Å². The Labute approximate surface area is 187 Å². The van der Waals surface area contributed by atoms with Crippen LogP contribution in [0.2, 0.25) is 0 Å². The predicted octanol–water partition coefficient (Wildman–Crippen LogP) is 3.92. The van der Waals surface area contributed by atoms with Crippen LogP contribution >= 0.6 is 15.9 Å². The molecule has 1 aliphatic rings. The molecule has 31 heavy (non-hydrogen) atoms. The first-order valence-electron chi connectivity index (χ1n) is 9.54. The van der Waals surface area contributed by atoms with Gasteiger partial charge in [-0.1, -0.05) is 0 Å². The molecule has 4 amide bonds. The number of carbonyl (C=O) groups is 3. The van der Waals surface area contributed by atoms with E-state index in [9.17, 15) is 14.4 Å². The van der Waals surface area contributed by atoms with E-state index in [0.29, 0.717) is 46.2 Å². The van der Waals surface area contributed by atoms with Crippen LogP contribution in [0.15, 0.2) is 46.4 Å². The van der Waals surface area contributed by atoms with Gasteiger partial charge in [0, 0.05) is 0 Å². The van der Waals surface area contributed by atoms with Crippen LogP contribution in [0.5, 0.6) is 17.2 Å². The molecule has 8 nitrogen and oxygen atoms in total. The largest absolute Gasteiger partial charge is 0.494 e. The number of methoxy groups -OCH3 is 1. The van der Waals surface area contributed by atoms with Gasteiger partial charge in [0.15, 0.2) is 11.5 Å². The number of rotatable bonds is 7. The van der Waals surface area contributed by atoms with E-state index in [4.69, 9.17) is 14.2 Å². The number of hydrogen-bond acceptors (Lipinski definition) is 6. The minimum absolute atomic E-state index is 0.187. The van der Waals surface area contributed by atoms with Gasteiger partial charge in [-0.3, -0.25) is 14.9 Å². The van der Waals surface area contributed by atoms with Crippen molar-refractivity contribution in [2.75, 3.05) is 25.2 Å². The van der Waals surface area contributed by atoms with Gasteiger partial charge < -0.3 is 14.2 Å². The highest BCUT2D eigenvalue weighted by molar-refractivity contribution is 9.10. The normalized spacial score (nSPS) is 15.2. The lowest BCUT2D eigenvalue weighted by Crippen LogP contribution is -2.54. The van der Waals surface area contributed by atoms with Crippen LogP contribution < -0.4 is 24.4 Å². The molecule has 0 radical (unpaired) electrons. The number of urea groups is 1.